The lowest BCUT2D eigenvalue weighted by molar-refractivity contribution is -0.894. The smallest absolute Gasteiger partial charge is 0.103 e. The second-order valence-corrected chi connectivity index (χ2v) is 7.26. The SMILES string of the molecule is CCCCCCCCCCCCCC[NH+](C)Cc1ccccc1. The molecule has 0 aromatic heterocycles. The fourth-order valence-electron chi connectivity index (χ4n) is 3.30. The van der Waals surface area contributed by atoms with E-state index in [1.807, 2.05) is 0 Å². The largest absolute Gasteiger partial charge is 0.334 e. The maximum Gasteiger partial charge on any atom is 0.103 e. The Bertz CT molecular complexity index is 346. The van der Waals surface area contributed by atoms with Gasteiger partial charge in [0.15, 0.2) is 0 Å². The van der Waals surface area contributed by atoms with Gasteiger partial charge in [0.1, 0.15) is 6.54 Å². The number of hydrogen-bond acceptors (Lipinski definition) is 0. The molecule has 1 atom stereocenters. The predicted molar refractivity (Wildman–Crippen MR) is 103 cm³/mol. The third-order valence-corrected chi connectivity index (χ3v) is 4.81. The molecule has 0 fully saturated rings. The van der Waals surface area contributed by atoms with E-state index in [2.05, 4.69) is 44.3 Å². The van der Waals surface area contributed by atoms with Gasteiger partial charge in [0.2, 0.25) is 0 Å². The zero-order chi connectivity index (χ0) is 16.6. The summed E-state index contributed by atoms with van der Waals surface area (Å²) in [6, 6.07) is 10.9. The van der Waals surface area contributed by atoms with Crippen LogP contribution in [0.1, 0.15) is 89.5 Å². The Morgan fingerprint density at radius 2 is 1.13 bits per heavy atom. The molecule has 0 aliphatic heterocycles. The summed E-state index contributed by atoms with van der Waals surface area (Å²) in [5.41, 5.74) is 1.46. The van der Waals surface area contributed by atoms with Crippen molar-refractivity contribution in [2.45, 2.75) is 90.5 Å². The van der Waals surface area contributed by atoms with Crippen molar-refractivity contribution < 1.29 is 4.90 Å². The lowest BCUT2D eigenvalue weighted by Gasteiger charge is -2.13. The minimum absolute atomic E-state index is 1.17. The van der Waals surface area contributed by atoms with Crippen LogP contribution in [0, 0.1) is 0 Å². The van der Waals surface area contributed by atoms with Crippen molar-refractivity contribution in [1.82, 2.24) is 0 Å². The van der Waals surface area contributed by atoms with E-state index in [0.717, 1.165) is 0 Å². The molecule has 1 N–H and O–H groups in total. The maximum atomic E-state index is 2.32. The van der Waals surface area contributed by atoms with E-state index in [4.69, 9.17) is 0 Å². The molecular weight excluding hydrogens is 278 g/mol. The van der Waals surface area contributed by atoms with Crippen LogP contribution in [0.4, 0.5) is 0 Å². The Balaban J connectivity index is 1.82. The van der Waals surface area contributed by atoms with E-state index < -0.39 is 0 Å². The number of unbranched alkanes of at least 4 members (excludes halogenated alkanes) is 11. The molecule has 1 aromatic carbocycles. The highest BCUT2D eigenvalue weighted by molar-refractivity contribution is 5.13. The summed E-state index contributed by atoms with van der Waals surface area (Å²) in [6.07, 6.45) is 17.3. The molecule has 0 saturated heterocycles. The van der Waals surface area contributed by atoms with Gasteiger partial charge in [0.25, 0.3) is 0 Å². The van der Waals surface area contributed by atoms with Gasteiger partial charge < -0.3 is 4.90 Å². The summed E-state index contributed by atoms with van der Waals surface area (Å²) in [4.78, 5) is 1.64. The minimum Gasteiger partial charge on any atom is -0.334 e. The molecule has 23 heavy (non-hydrogen) atoms. The fourth-order valence-corrected chi connectivity index (χ4v) is 3.30. The Labute approximate surface area is 145 Å². The van der Waals surface area contributed by atoms with Crippen molar-refractivity contribution in [2.75, 3.05) is 13.6 Å². The number of quaternary nitrogens is 1. The van der Waals surface area contributed by atoms with Crippen LogP contribution < -0.4 is 4.90 Å². The normalized spacial score (nSPS) is 12.4. The molecule has 0 bridgehead atoms. The number of hydrogen-bond donors (Lipinski definition) is 1. The van der Waals surface area contributed by atoms with Crippen molar-refractivity contribution in [3.63, 3.8) is 0 Å². The summed E-state index contributed by atoms with van der Waals surface area (Å²) in [5.74, 6) is 0. The van der Waals surface area contributed by atoms with Crippen molar-refractivity contribution in [3.05, 3.63) is 35.9 Å². The second-order valence-electron chi connectivity index (χ2n) is 7.26. The third-order valence-electron chi connectivity index (χ3n) is 4.81. The quantitative estimate of drug-likeness (QED) is 0.413. The van der Waals surface area contributed by atoms with Gasteiger partial charge in [0, 0.05) is 5.56 Å². The van der Waals surface area contributed by atoms with Gasteiger partial charge in [0.05, 0.1) is 13.6 Å². The summed E-state index contributed by atoms with van der Waals surface area (Å²) in [5, 5.41) is 0. The summed E-state index contributed by atoms with van der Waals surface area (Å²) in [7, 11) is 2.32. The van der Waals surface area contributed by atoms with Gasteiger partial charge in [-0.25, -0.2) is 0 Å². The van der Waals surface area contributed by atoms with E-state index in [-0.39, 0.29) is 0 Å². The molecular formula is C22H40N+. The van der Waals surface area contributed by atoms with Crippen LogP contribution in [0.3, 0.4) is 0 Å². The standard InChI is InChI=1S/C22H39N/c1-3-4-5-6-7-8-9-10-11-12-13-17-20-23(2)21-22-18-15-14-16-19-22/h14-16,18-19H,3-13,17,20-21H2,1-2H3/p+1. The van der Waals surface area contributed by atoms with Crippen molar-refractivity contribution >= 4 is 0 Å². The molecule has 1 unspecified atom stereocenters. The molecule has 0 aliphatic rings. The first kappa shape index (κ1) is 20.2. The van der Waals surface area contributed by atoms with E-state index in [1.54, 1.807) is 4.90 Å². The van der Waals surface area contributed by atoms with Crippen LogP contribution >= 0.6 is 0 Å². The summed E-state index contributed by atoms with van der Waals surface area (Å²) in [6.45, 7) is 4.77. The molecule has 0 amide bonds. The number of nitrogens with one attached hydrogen (secondary N) is 1. The topological polar surface area (TPSA) is 4.44 Å². The van der Waals surface area contributed by atoms with Crippen LogP contribution in [-0.2, 0) is 6.54 Å². The molecule has 0 saturated carbocycles. The monoisotopic (exact) mass is 318 g/mol. The summed E-state index contributed by atoms with van der Waals surface area (Å²) >= 11 is 0. The molecule has 0 heterocycles. The van der Waals surface area contributed by atoms with Gasteiger partial charge >= 0.3 is 0 Å². The van der Waals surface area contributed by atoms with Crippen LogP contribution in [0.2, 0.25) is 0 Å². The van der Waals surface area contributed by atoms with E-state index in [9.17, 15) is 0 Å². The Morgan fingerprint density at radius 3 is 1.65 bits per heavy atom. The van der Waals surface area contributed by atoms with Crippen molar-refractivity contribution in [1.29, 1.82) is 0 Å². The first-order chi connectivity index (χ1) is 11.3. The molecule has 1 heteroatoms. The van der Waals surface area contributed by atoms with Gasteiger partial charge in [-0.1, -0.05) is 101 Å². The zero-order valence-electron chi connectivity index (χ0n) is 15.8. The van der Waals surface area contributed by atoms with E-state index >= 15 is 0 Å². The summed E-state index contributed by atoms with van der Waals surface area (Å²) < 4.78 is 0. The molecule has 0 aliphatic carbocycles. The molecule has 1 aromatic rings. The third kappa shape index (κ3) is 12.3. The van der Waals surface area contributed by atoms with E-state index in [1.165, 1.54) is 95.7 Å². The minimum atomic E-state index is 1.17. The molecule has 1 nitrogen and oxygen atoms in total. The first-order valence-corrected chi connectivity index (χ1v) is 10.2. The Morgan fingerprint density at radius 1 is 0.652 bits per heavy atom. The zero-order valence-corrected chi connectivity index (χ0v) is 15.8. The van der Waals surface area contributed by atoms with E-state index in [0.29, 0.717) is 0 Å². The maximum absolute atomic E-state index is 2.32. The molecule has 0 radical (unpaired) electrons. The average Bonchev–Trinajstić information content (AvgIpc) is 2.57. The first-order valence-electron chi connectivity index (χ1n) is 10.2. The van der Waals surface area contributed by atoms with Gasteiger partial charge in [-0.15, -0.1) is 0 Å². The number of benzene rings is 1. The van der Waals surface area contributed by atoms with Gasteiger partial charge in [-0.05, 0) is 12.8 Å². The Kier molecular flexibility index (Phi) is 13.0. The molecule has 132 valence electrons. The molecule has 1 rings (SSSR count). The van der Waals surface area contributed by atoms with Gasteiger partial charge in [-0.3, -0.25) is 0 Å². The highest BCUT2D eigenvalue weighted by atomic mass is 15.1. The van der Waals surface area contributed by atoms with Crippen molar-refractivity contribution in [2.24, 2.45) is 0 Å². The average molecular weight is 319 g/mol. The second kappa shape index (κ2) is 14.8. The van der Waals surface area contributed by atoms with Crippen LogP contribution in [0.5, 0.6) is 0 Å². The van der Waals surface area contributed by atoms with Crippen LogP contribution in [0.25, 0.3) is 0 Å². The van der Waals surface area contributed by atoms with Crippen molar-refractivity contribution in [3.8, 4) is 0 Å². The fraction of sp³-hybridized carbons (Fsp3) is 0.727. The van der Waals surface area contributed by atoms with Crippen LogP contribution in [-0.4, -0.2) is 13.6 Å². The Hall–Kier alpha value is -0.820. The predicted octanol–water partition coefficient (Wildman–Crippen LogP) is 5.40. The van der Waals surface area contributed by atoms with Crippen LogP contribution in [0.15, 0.2) is 30.3 Å². The highest BCUT2D eigenvalue weighted by Gasteiger charge is 2.02. The highest BCUT2D eigenvalue weighted by Crippen LogP contribution is 2.11. The van der Waals surface area contributed by atoms with Gasteiger partial charge in [-0.2, -0.15) is 0 Å². The lowest BCUT2D eigenvalue weighted by Crippen LogP contribution is -3.07. The number of rotatable bonds is 15. The molecule has 0 spiro atoms. The lowest BCUT2D eigenvalue weighted by atomic mass is 10.1.